The summed E-state index contributed by atoms with van der Waals surface area (Å²) in [5, 5.41) is 4.07. The molecule has 0 radical (unpaired) electrons. The molecule has 0 atom stereocenters. The lowest BCUT2D eigenvalue weighted by atomic mass is 10.2. The third kappa shape index (κ3) is 4.98. The van der Waals surface area contributed by atoms with Gasteiger partial charge in [-0.3, -0.25) is 9.69 Å². The van der Waals surface area contributed by atoms with Crippen LogP contribution in [-0.4, -0.2) is 76.6 Å². The van der Waals surface area contributed by atoms with E-state index in [9.17, 15) is 4.79 Å². The van der Waals surface area contributed by atoms with Crippen molar-refractivity contribution in [2.75, 3.05) is 50.7 Å². The smallest absolute Gasteiger partial charge is 0.316 e. The van der Waals surface area contributed by atoms with Crippen molar-refractivity contribution >= 4 is 11.7 Å². The summed E-state index contributed by atoms with van der Waals surface area (Å²) in [5.74, 6) is 1.89. The lowest BCUT2D eigenvalue weighted by Gasteiger charge is -2.34. The third-order valence-electron chi connectivity index (χ3n) is 5.83. The zero-order valence-electron chi connectivity index (χ0n) is 18.1. The Morgan fingerprint density at radius 1 is 1.07 bits per heavy atom. The molecule has 2 aliphatic rings. The predicted molar refractivity (Wildman–Crippen MR) is 115 cm³/mol. The summed E-state index contributed by atoms with van der Waals surface area (Å²) in [6.45, 7) is 10.7. The van der Waals surface area contributed by atoms with Gasteiger partial charge < -0.3 is 14.3 Å². The second kappa shape index (κ2) is 9.55. The molecule has 30 heavy (non-hydrogen) atoms. The van der Waals surface area contributed by atoms with Gasteiger partial charge in [-0.05, 0) is 30.9 Å². The number of amides is 1. The Balaban J connectivity index is 1.41. The largest absolute Gasteiger partial charge is 0.357 e. The maximum Gasteiger partial charge on any atom is 0.316 e. The van der Waals surface area contributed by atoms with Gasteiger partial charge in [-0.25, -0.2) is 4.98 Å². The third-order valence-corrected chi connectivity index (χ3v) is 5.83. The predicted octanol–water partition coefficient (Wildman–Crippen LogP) is 2.93. The molecule has 0 bridgehead atoms. The van der Waals surface area contributed by atoms with E-state index in [0.717, 1.165) is 44.1 Å². The van der Waals surface area contributed by atoms with Crippen molar-refractivity contribution in [3.8, 4) is 11.4 Å². The second-order valence-electron chi connectivity index (χ2n) is 8.71. The maximum atomic E-state index is 12.8. The van der Waals surface area contributed by atoms with Gasteiger partial charge in [0.2, 0.25) is 5.82 Å². The molecule has 2 aromatic heterocycles. The number of nitrogens with zero attached hydrogens (tertiary/aromatic N) is 6. The molecular formula is C22H32N6O2. The summed E-state index contributed by atoms with van der Waals surface area (Å²) < 4.78 is 5.33. The van der Waals surface area contributed by atoms with Crippen molar-refractivity contribution in [2.45, 2.75) is 39.5 Å². The number of aromatic nitrogens is 3. The Hall–Kier alpha value is -2.48. The SMILES string of the molecule is CC(C)CN1CCN(C(=O)c2nc(-c3ccnc(N4CCCCCC4)c3)no2)CC1. The first kappa shape index (κ1) is 20.8. The summed E-state index contributed by atoms with van der Waals surface area (Å²) in [5.41, 5.74) is 0.828. The highest BCUT2D eigenvalue weighted by Crippen LogP contribution is 2.23. The van der Waals surface area contributed by atoms with Crippen LogP contribution in [0.3, 0.4) is 0 Å². The summed E-state index contributed by atoms with van der Waals surface area (Å²) in [4.78, 5) is 28.3. The van der Waals surface area contributed by atoms with Crippen LogP contribution in [0.4, 0.5) is 5.82 Å². The van der Waals surface area contributed by atoms with Crippen molar-refractivity contribution in [2.24, 2.45) is 5.92 Å². The highest BCUT2D eigenvalue weighted by molar-refractivity contribution is 5.90. The molecule has 0 saturated carbocycles. The lowest BCUT2D eigenvalue weighted by Crippen LogP contribution is -2.49. The Morgan fingerprint density at radius 3 is 2.50 bits per heavy atom. The van der Waals surface area contributed by atoms with Crippen LogP contribution in [0, 0.1) is 5.92 Å². The monoisotopic (exact) mass is 412 g/mol. The maximum absolute atomic E-state index is 12.8. The molecule has 4 heterocycles. The van der Waals surface area contributed by atoms with Gasteiger partial charge in [-0.15, -0.1) is 0 Å². The quantitative estimate of drug-likeness (QED) is 0.747. The van der Waals surface area contributed by atoms with E-state index in [1.165, 1.54) is 25.7 Å². The van der Waals surface area contributed by atoms with Crippen LogP contribution < -0.4 is 4.90 Å². The normalized spacial score (nSPS) is 18.6. The number of pyridine rings is 1. The van der Waals surface area contributed by atoms with Gasteiger partial charge in [0, 0.05) is 57.6 Å². The average Bonchev–Trinajstić information content (AvgIpc) is 3.09. The van der Waals surface area contributed by atoms with Gasteiger partial charge in [0.15, 0.2) is 0 Å². The summed E-state index contributed by atoms with van der Waals surface area (Å²) in [7, 11) is 0. The number of anilines is 1. The minimum Gasteiger partial charge on any atom is -0.357 e. The Labute approximate surface area is 178 Å². The highest BCUT2D eigenvalue weighted by Gasteiger charge is 2.26. The molecule has 4 rings (SSSR count). The second-order valence-corrected chi connectivity index (χ2v) is 8.71. The van der Waals surface area contributed by atoms with E-state index >= 15 is 0 Å². The number of hydrogen-bond acceptors (Lipinski definition) is 7. The molecule has 2 saturated heterocycles. The fraction of sp³-hybridized carbons (Fsp3) is 0.636. The van der Waals surface area contributed by atoms with Crippen LogP contribution in [0.15, 0.2) is 22.9 Å². The van der Waals surface area contributed by atoms with Gasteiger partial charge in [0.1, 0.15) is 5.82 Å². The van der Waals surface area contributed by atoms with Crippen LogP contribution in [0.2, 0.25) is 0 Å². The number of carbonyl (C=O) groups is 1. The van der Waals surface area contributed by atoms with Crippen molar-refractivity contribution in [1.29, 1.82) is 0 Å². The molecule has 162 valence electrons. The van der Waals surface area contributed by atoms with Gasteiger partial charge in [-0.1, -0.05) is 31.8 Å². The van der Waals surface area contributed by atoms with Crippen LogP contribution in [0.25, 0.3) is 11.4 Å². The molecule has 0 spiro atoms. The van der Waals surface area contributed by atoms with Crippen LogP contribution >= 0.6 is 0 Å². The molecule has 2 aliphatic heterocycles. The van der Waals surface area contributed by atoms with Crippen LogP contribution in [0.1, 0.15) is 50.2 Å². The Morgan fingerprint density at radius 2 is 1.80 bits per heavy atom. The van der Waals surface area contributed by atoms with E-state index in [4.69, 9.17) is 4.52 Å². The molecule has 1 amide bonds. The van der Waals surface area contributed by atoms with Crippen LogP contribution in [0.5, 0.6) is 0 Å². The van der Waals surface area contributed by atoms with E-state index in [1.807, 2.05) is 17.0 Å². The van der Waals surface area contributed by atoms with E-state index in [-0.39, 0.29) is 11.8 Å². The first-order chi connectivity index (χ1) is 14.6. The van der Waals surface area contributed by atoms with Crippen LogP contribution in [-0.2, 0) is 0 Å². The highest BCUT2D eigenvalue weighted by atomic mass is 16.5. The van der Waals surface area contributed by atoms with Crippen molar-refractivity contribution < 1.29 is 9.32 Å². The average molecular weight is 413 g/mol. The lowest BCUT2D eigenvalue weighted by molar-refractivity contribution is 0.0576. The Kier molecular flexibility index (Phi) is 6.62. The van der Waals surface area contributed by atoms with Crippen molar-refractivity contribution in [3.63, 3.8) is 0 Å². The summed E-state index contributed by atoms with van der Waals surface area (Å²) in [6, 6.07) is 3.86. The molecule has 0 N–H and O–H groups in total. The van der Waals surface area contributed by atoms with Crippen molar-refractivity contribution in [1.82, 2.24) is 24.9 Å². The molecule has 8 heteroatoms. The molecule has 2 aromatic rings. The van der Waals surface area contributed by atoms with Gasteiger partial charge in [0.05, 0.1) is 0 Å². The number of piperazine rings is 1. The van der Waals surface area contributed by atoms with Gasteiger partial charge in [0.25, 0.3) is 0 Å². The molecule has 2 fully saturated rings. The van der Waals surface area contributed by atoms with E-state index < -0.39 is 0 Å². The molecule has 8 nitrogen and oxygen atoms in total. The zero-order valence-corrected chi connectivity index (χ0v) is 18.1. The number of hydrogen-bond donors (Lipinski definition) is 0. The molecule has 0 aromatic carbocycles. The summed E-state index contributed by atoms with van der Waals surface area (Å²) >= 11 is 0. The fourth-order valence-electron chi connectivity index (χ4n) is 4.24. The minimum absolute atomic E-state index is 0.0652. The van der Waals surface area contributed by atoms with Gasteiger partial charge >= 0.3 is 11.8 Å². The van der Waals surface area contributed by atoms with Crippen molar-refractivity contribution in [3.05, 3.63) is 24.2 Å². The van der Waals surface area contributed by atoms with E-state index in [0.29, 0.717) is 24.8 Å². The molecule has 0 aliphatic carbocycles. The first-order valence-corrected chi connectivity index (χ1v) is 11.2. The molecule has 0 unspecified atom stereocenters. The standard InChI is InChI=1S/C22H32N6O2/c1-17(2)16-26-11-13-28(14-12-26)22(29)21-24-20(25-30-21)18-7-8-23-19(15-18)27-9-5-3-4-6-10-27/h7-8,15,17H,3-6,9-14,16H2,1-2H3. The Bertz CT molecular complexity index is 836. The number of rotatable bonds is 5. The van der Waals surface area contributed by atoms with E-state index in [2.05, 4.69) is 38.8 Å². The van der Waals surface area contributed by atoms with E-state index in [1.54, 1.807) is 6.20 Å². The zero-order chi connectivity index (χ0) is 20.9. The minimum atomic E-state index is -0.181. The first-order valence-electron chi connectivity index (χ1n) is 11.2. The fourth-order valence-corrected chi connectivity index (χ4v) is 4.24. The van der Waals surface area contributed by atoms with Gasteiger partial charge in [-0.2, -0.15) is 4.98 Å². The topological polar surface area (TPSA) is 78.6 Å². The summed E-state index contributed by atoms with van der Waals surface area (Å²) in [6.07, 6.45) is 6.71. The number of carbonyl (C=O) groups excluding carboxylic acids is 1. The molecular weight excluding hydrogens is 380 g/mol.